The van der Waals surface area contributed by atoms with Crippen molar-refractivity contribution >= 4 is 16.7 Å². The van der Waals surface area contributed by atoms with Gasteiger partial charge in [-0.1, -0.05) is 37.3 Å². The highest BCUT2D eigenvalue weighted by Crippen LogP contribution is 2.33. The average Bonchev–Trinajstić information content (AvgIpc) is 2.47. The van der Waals surface area contributed by atoms with Crippen molar-refractivity contribution in [2.75, 3.05) is 13.7 Å². The second kappa shape index (κ2) is 6.39. The van der Waals surface area contributed by atoms with E-state index in [2.05, 4.69) is 6.92 Å². The van der Waals surface area contributed by atoms with E-state index in [4.69, 9.17) is 14.6 Å². The highest BCUT2D eigenvalue weighted by Gasteiger charge is 2.14. The normalized spacial score (nSPS) is 12.3. The molecule has 0 aromatic heterocycles. The topological polar surface area (TPSA) is 55.8 Å². The lowest BCUT2D eigenvalue weighted by molar-refractivity contribution is -0.139. The number of carboxylic acids is 1. The van der Waals surface area contributed by atoms with Crippen LogP contribution >= 0.6 is 0 Å². The Morgan fingerprint density at radius 1 is 1.20 bits per heavy atom. The molecule has 0 radical (unpaired) electrons. The molecule has 0 heterocycles. The number of hydrogen-bond acceptors (Lipinski definition) is 3. The maximum Gasteiger partial charge on any atom is 0.341 e. The summed E-state index contributed by atoms with van der Waals surface area (Å²) in [6.45, 7) is 1.72. The van der Waals surface area contributed by atoms with Gasteiger partial charge in [-0.15, -0.1) is 0 Å². The first-order valence-corrected chi connectivity index (χ1v) is 6.56. The number of carbonyl (C=O) groups is 1. The largest absolute Gasteiger partial charge is 0.481 e. The van der Waals surface area contributed by atoms with Gasteiger partial charge in [-0.3, -0.25) is 0 Å². The van der Waals surface area contributed by atoms with Crippen LogP contribution < -0.4 is 4.74 Å². The molecule has 0 aliphatic carbocycles. The molecule has 0 fully saturated rings. The Hall–Kier alpha value is -2.07. The van der Waals surface area contributed by atoms with Gasteiger partial charge in [-0.2, -0.15) is 0 Å². The molecule has 0 bridgehead atoms. The number of rotatable bonds is 6. The van der Waals surface area contributed by atoms with E-state index in [1.54, 1.807) is 7.11 Å². The molecule has 1 unspecified atom stereocenters. The Balaban J connectivity index is 2.49. The minimum atomic E-state index is -0.985. The summed E-state index contributed by atoms with van der Waals surface area (Å²) >= 11 is 0. The van der Waals surface area contributed by atoms with Crippen LogP contribution in [-0.4, -0.2) is 24.8 Å². The number of ether oxygens (including phenoxy) is 2. The summed E-state index contributed by atoms with van der Waals surface area (Å²) in [5.74, 6) is -0.404. The van der Waals surface area contributed by atoms with Crippen molar-refractivity contribution in [2.45, 2.75) is 19.4 Å². The van der Waals surface area contributed by atoms with E-state index in [1.165, 1.54) is 0 Å². The summed E-state index contributed by atoms with van der Waals surface area (Å²) in [5.41, 5.74) is 1.09. The van der Waals surface area contributed by atoms with Gasteiger partial charge in [0.2, 0.25) is 0 Å². The maximum absolute atomic E-state index is 10.6. The summed E-state index contributed by atoms with van der Waals surface area (Å²) in [7, 11) is 1.69. The van der Waals surface area contributed by atoms with Crippen LogP contribution in [0.15, 0.2) is 36.4 Å². The summed E-state index contributed by atoms with van der Waals surface area (Å²) in [6.07, 6.45) is 0.893. The number of aliphatic carboxylic acids is 1. The van der Waals surface area contributed by atoms with Gasteiger partial charge in [0.05, 0.1) is 6.10 Å². The lowest BCUT2D eigenvalue weighted by atomic mass is 9.98. The predicted octanol–water partition coefficient (Wildman–Crippen LogP) is 3.40. The first-order chi connectivity index (χ1) is 9.67. The molecule has 0 saturated heterocycles. The number of benzene rings is 2. The molecule has 106 valence electrons. The molecule has 2 rings (SSSR count). The molecular formula is C16H18O4. The Morgan fingerprint density at radius 2 is 1.90 bits per heavy atom. The Bertz CT molecular complexity index is 602. The lowest BCUT2D eigenvalue weighted by Crippen LogP contribution is -2.10. The van der Waals surface area contributed by atoms with Gasteiger partial charge in [0.1, 0.15) is 5.75 Å². The highest BCUT2D eigenvalue weighted by molar-refractivity contribution is 5.91. The smallest absolute Gasteiger partial charge is 0.341 e. The van der Waals surface area contributed by atoms with Crippen molar-refractivity contribution in [3.05, 3.63) is 42.0 Å². The second-order valence-electron chi connectivity index (χ2n) is 4.51. The van der Waals surface area contributed by atoms with E-state index in [1.807, 2.05) is 36.4 Å². The average molecular weight is 274 g/mol. The SMILES string of the molecule is CCC(OC)c1ccc(OCC(=O)O)c2ccccc12. The molecule has 2 aromatic rings. The lowest BCUT2D eigenvalue weighted by Gasteiger charge is -2.17. The van der Waals surface area contributed by atoms with Gasteiger partial charge in [-0.25, -0.2) is 4.79 Å². The quantitative estimate of drug-likeness (QED) is 0.877. The Morgan fingerprint density at radius 3 is 2.50 bits per heavy atom. The fourth-order valence-electron chi connectivity index (χ4n) is 2.35. The van der Waals surface area contributed by atoms with Crippen molar-refractivity contribution in [3.63, 3.8) is 0 Å². The van der Waals surface area contributed by atoms with Crippen LogP contribution in [0.25, 0.3) is 10.8 Å². The number of fused-ring (bicyclic) bond motifs is 1. The summed E-state index contributed by atoms with van der Waals surface area (Å²) in [6, 6.07) is 11.5. The van der Waals surface area contributed by atoms with Gasteiger partial charge < -0.3 is 14.6 Å². The zero-order valence-electron chi connectivity index (χ0n) is 11.6. The monoisotopic (exact) mass is 274 g/mol. The fraction of sp³-hybridized carbons (Fsp3) is 0.312. The Labute approximate surface area is 117 Å². The van der Waals surface area contributed by atoms with E-state index in [0.29, 0.717) is 5.75 Å². The third kappa shape index (κ3) is 2.91. The summed E-state index contributed by atoms with van der Waals surface area (Å²) < 4.78 is 10.8. The van der Waals surface area contributed by atoms with E-state index in [9.17, 15) is 4.79 Å². The number of methoxy groups -OCH3 is 1. The van der Waals surface area contributed by atoms with Crippen molar-refractivity contribution in [1.29, 1.82) is 0 Å². The molecule has 2 aromatic carbocycles. The van der Waals surface area contributed by atoms with Gasteiger partial charge in [0.25, 0.3) is 0 Å². The van der Waals surface area contributed by atoms with Crippen LogP contribution in [0, 0.1) is 0 Å². The van der Waals surface area contributed by atoms with Crippen LogP contribution in [0.3, 0.4) is 0 Å². The molecule has 0 aliphatic rings. The summed E-state index contributed by atoms with van der Waals surface area (Å²) in [5, 5.41) is 10.7. The van der Waals surface area contributed by atoms with Crippen molar-refractivity contribution in [2.24, 2.45) is 0 Å². The highest BCUT2D eigenvalue weighted by atomic mass is 16.5. The van der Waals surface area contributed by atoms with E-state index >= 15 is 0 Å². The molecule has 1 N–H and O–H groups in total. The molecule has 20 heavy (non-hydrogen) atoms. The van der Waals surface area contributed by atoms with Crippen molar-refractivity contribution in [3.8, 4) is 5.75 Å². The second-order valence-corrected chi connectivity index (χ2v) is 4.51. The van der Waals surface area contributed by atoms with Crippen LogP contribution in [0.4, 0.5) is 0 Å². The van der Waals surface area contributed by atoms with Gasteiger partial charge in [-0.05, 0) is 23.4 Å². The number of carboxylic acid groups (broad SMARTS) is 1. The first kappa shape index (κ1) is 14.3. The standard InChI is InChI=1S/C16H18O4/c1-3-14(19-2)13-8-9-15(20-10-16(17)18)12-7-5-4-6-11(12)13/h4-9,14H,3,10H2,1-2H3,(H,17,18). The van der Waals surface area contributed by atoms with Gasteiger partial charge in [0, 0.05) is 12.5 Å². The van der Waals surface area contributed by atoms with E-state index in [-0.39, 0.29) is 12.7 Å². The number of hydrogen-bond donors (Lipinski definition) is 1. The third-order valence-electron chi connectivity index (χ3n) is 3.27. The minimum absolute atomic E-state index is 0.0217. The molecule has 0 amide bonds. The maximum atomic E-state index is 10.6. The fourth-order valence-corrected chi connectivity index (χ4v) is 2.35. The van der Waals surface area contributed by atoms with Crippen LogP contribution in [-0.2, 0) is 9.53 Å². The third-order valence-corrected chi connectivity index (χ3v) is 3.27. The molecule has 0 spiro atoms. The van der Waals surface area contributed by atoms with Crippen molar-refractivity contribution in [1.82, 2.24) is 0 Å². The van der Waals surface area contributed by atoms with Gasteiger partial charge in [0.15, 0.2) is 6.61 Å². The molecule has 0 aliphatic heterocycles. The van der Waals surface area contributed by atoms with Gasteiger partial charge >= 0.3 is 5.97 Å². The summed E-state index contributed by atoms with van der Waals surface area (Å²) in [4.78, 5) is 10.6. The van der Waals surface area contributed by atoms with Crippen LogP contribution in [0.2, 0.25) is 0 Å². The van der Waals surface area contributed by atoms with E-state index in [0.717, 1.165) is 22.8 Å². The zero-order valence-corrected chi connectivity index (χ0v) is 11.6. The van der Waals surface area contributed by atoms with Crippen LogP contribution in [0.5, 0.6) is 5.75 Å². The molecular weight excluding hydrogens is 256 g/mol. The van der Waals surface area contributed by atoms with Crippen molar-refractivity contribution < 1.29 is 19.4 Å². The predicted molar refractivity (Wildman–Crippen MR) is 77.1 cm³/mol. The van der Waals surface area contributed by atoms with Crippen LogP contribution in [0.1, 0.15) is 25.0 Å². The molecule has 4 heteroatoms. The molecule has 1 atom stereocenters. The van der Waals surface area contributed by atoms with E-state index < -0.39 is 5.97 Å². The minimum Gasteiger partial charge on any atom is -0.481 e. The molecule has 0 saturated carbocycles. The first-order valence-electron chi connectivity index (χ1n) is 6.56. The zero-order chi connectivity index (χ0) is 14.5. The molecule has 4 nitrogen and oxygen atoms in total. The Kier molecular flexibility index (Phi) is 4.58.